The number of amides is 1. The summed E-state index contributed by atoms with van der Waals surface area (Å²) < 4.78 is 0. The molecule has 0 aromatic carbocycles. The van der Waals surface area contributed by atoms with Gasteiger partial charge in [0.15, 0.2) is 0 Å². The van der Waals surface area contributed by atoms with Crippen LogP contribution in [0.15, 0.2) is 36.1 Å². The largest absolute Gasteiger partial charge is 0.323 e. The molecule has 2 heteroatoms. The molecular formula is C10H15NO. The zero-order chi connectivity index (χ0) is 8.97. The minimum absolute atomic E-state index is 0. The summed E-state index contributed by atoms with van der Waals surface area (Å²) in [4.78, 5) is 11.1. The van der Waals surface area contributed by atoms with Crippen LogP contribution < -0.4 is 5.32 Å². The Morgan fingerprint density at radius 2 is 2.42 bits per heavy atom. The van der Waals surface area contributed by atoms with Crippen molar-refractivity contribution in [1.29, 1.82) is 0 Å². The molecule has 0 saturated heterocycles. The van der Waals surface area contributed by atoms with E-state index < -0.39 is 0 Å². The normalized spacial score (nSPS) is 15.2. The first-order chi connectivity index (χ1) is 5.70. The Morgan fingerprint density at radius 3 is 2.92 bits per heavy atom. The van der Waals surface area contributed by atoms with E-state index in [9.17, 15) is 4.79 Å². The lowest BCUT2D eigenvalue weighted by Crippen LogP contribution is -2.22. The highest BCUT2D eigenvalue weighted by Gasteiger charge is 2.03. The number of hydrogen-bond donors (Lipinski definition) is 1. The number of allylic oxidation sites excluding steroid dienone is 3. The van der Waals surface area contributed by atoms with Crippen molar-refractivity contribution in [2.45, 2.75) is 19.8 Å². The molecule has 1 aliphatic rings. The third-order valence-corrected chi connectivity index (χ3v) is 1.64. The van der Waals surface area contributed by atoms with Gasteiger partial charge in [-0.2, -0.15) is 0 Å². The second-order valence-corrected chi connectivity index (χ2v) is 2.87. The standard InChI is InChI=1S/C10H13NO.H2/c1-8(2)10(12)11-9-6-4-3-5-7-9;/h4,6-7H,1,3,5H2,2H3,(H,11,12);1H. The fourth-order valence-electron chi connectivity index (χ4n) is 0.944. The lowest BCUT2D eigenvalue weighted by Gasteiger charge is -2.08. The summed E-state index contributed by atoms with van der Waals surface area (Å²) in [5, 5.41) is 2.75. The summed E-state index contributed by atoms with van der Waals surface area (Å²) in [7, 11) is 0. The van der Waals surface area contributed by atoms with Crippen molar-refractivity contribution < 1.29 is 6.22 Å². The molecule has 1 aliphatic carbocycles. The molecule has 1 amide bonds. The SMILES string of the molecule is C=C(C)C(=O)NC1=CCCC=C1.[HH]. The molecule has 0 fully saturated rings. The summed E-state index contributed by atoms with van der Waals surface area (Å²) in [6.45, 7) is 5.25. The fourth-order valence-corrected chi connectivity index (χ4v) is 0.944. The molecule has 12 heavy (non-hydrogen) atoms. The van der Waals surface area contributed by atoms with Gasteiger partial charge in [-0.25, -0.2) is 0 Å². The first-order valence-corrected chi connectivity index (χ1v) is 4.03. The summed E-state index contributed by atoms with van der Waals surface area (Å²) in [6.07, 6.45) is 8.05. The van der Waals surface area contributed by atoms with Crippen LogP contribution in [0.2, 0.25) is 0 Å². The van der Waals surface area contributed by atoms with E-state index in [1.54, 1.807) is 6.92 Å². The molecule has 0 bridgehead atoms. The van der Waals surface area contributed by atoms with Crippen molar-refractivity contribution in [2.24, 2.45) is 0 Å². The van der Waals surface area contributed by atoms with Gasteiger partial charge in [0.25, 0.3) is 5.91 Å². The molecule has 1 N–H and O–H groups in total. The Hall–Kier alpha value is -1.31. The molecule has 1 rings (SSSR count). The second-order valence-electron chi connectivity index (χ2n) is 2.87. The van der Waals surface area contributed by atoms with Crippen LogP contribution in [0.4, 0.5) is 0 Å². The number of nitrogens with one attached hydrogen (secondary N) is 1. The van der Waals surface area contributed by atoms with Gasteiger partial charge in [0, 0.05) is 12.7 Å². The van der Waals surface area contributed by atoms with Gasteiger partial charge in [-0.1, -0.05) is 18.7 Å². The third-order valence-electron chi connectivity index (χ3n) is 1.64. The van der Waals surface area contributed by atoms with Crippen LogP contribution in [-0.2, 0) is 4.79 Å². The molecule has 0 saturated carbocycles. The molecule has 0 aromatic heterocycles. The average molecular weight is 165 g/mol. The molecule has 66 valence electrons. The van der Waals surface area contributed by atoms with Crippen molar-refractivity contribution in [3.63, 3.8) is 0 Å². The minimum Gasteiger partial charge on any atom is -0.323 e. The minimum atomic E-state index is -0.104. The summed E-state index contributed by atoms with van der Waals surface area (Å²) >= 11 is 0. The van der Waals surface area contributed by atoms with Crippen LogP contribution in [0.5, 0.6) is 0 Å². The van der Waals surface area contributed by atoms with E-state index in [1.165, 1.54) is 0 Å². The van der Waals surface area contributed by atoms with Crippen LogP contribution in [0.1, 0.15) is 21.2 Å². The Labute approximate surface area is 74.1 Å². The molecular weight excluding hydrogens is 150 g/mol. The van der Waals surface area contributed by atoms with E-state index in [0.29, 0.717) is 5.57 Å². The summed E-state index contributed by atoms with van der Waals surface area (Å²) in [6, 6.07) is 0. The molecule has 0 aromatic rings. The van der Waals surface area contributed by atoms with E-state index in [4.69, 9.17) is 0 Å². The zero-order valence-electron chi connectivity index (χ0n) is 7.26. The van der Waals surface area contributed by atoms with Crippen LogP contribution in [0, 0.1) is 0 Å². The molecule has 0 heterocycles. The number of carbonyl (C=O) groups is 1. The molecule has 2 nitrogen and oxygen atoms in total. The Kier molecular flexibility index (Phi) is 2.86. The predicted molar refractivity (Wildman–Crippen MR) is 51.5 cm³/mol. The Morgan fingerprint density at radius 1 is 1.67 bits per heavy atom. The highest BCUT2D eigenvalue weighted by molar-refractivity contribution is 5.93. The van der Waals surface area contributed by atoms with Crippen molar-refractivity contribution >= 4 is 5.91 Å². The van der Waals surface area contributed by atoms with Crippen LogP contribution in [0.25, 0.3) is 0 Å². The maximum Gasteiger partial charge on any atom is 0.250 e. The predicted octanol–water partition coefficient (Wildman–Crippen LogP) is 2.16. The van der Waals surface area contributed by atoms with Gasteiger partial charge in [-0.15, -0.1) is 0 Å². The van der Waals surface area contributed by atoms with E-state index in [2.05, 4.69) is 11.9 Å². The molecule has 0 unspecified atom stereocenters. The van der Waals surface area contributed by atoms with Crippen LogP contribution in [0.3, 0.4) is 0 Å². The average Bonchev–Trinajstić information content (AvgIpc) is 2.06. The first-order valence-electron chi connectivity index (χ1n) is 4.03. The number of rotatable bonds is 2. The van der Waals surface area contributed by atoms with Crippen LogP contribution >= 0.6 is 0 Å². The van der Waals surface area contributed by atoms with Crippen molar-refractivity contribution in [2.75, 3.05) is 0 Å². The van der Waals surface area contributed by atoms with Gasteiger partial charge in [0.1, 0.15) is 0 Å². The van der Waals surface area contributed by atoms with Gasteiger partial charge >= 0.3 is 0 Å². The maximum absolute atomic E-state index is 11.1. The second kappa shape index (κ2) is 3.90. The van der Waals surface area contributed by atoms with Gasteiger partial charge in [0.2, 0.25) is 0 Å². The van der Waals surface area contributed by atoms with Gasteiger partial charge in [0.05, 0.1) is 0 Å². The maximum atomic E-state index is 11.1. The Bertz CT molecular complexity index is 266. The summed E-state index contributed by atoms with van der Waals surface area (Å²) in [5.74, 6) is -0.104. The molecule has 0 atom stereocenters. The molecule has 0 aliphatic heterocycles. The van der Waals surface area contributed by atoms with Crippen molar-refractivity contribution in [3.8, 4) is 0 Å². The van der Waals surface area contributed by atoms with Gasteiger partial charge in [-0.05, 0) is 25.8 Å². The quantitative estimate of drug-likeness (QED) is 0.624. The number of hydrogen-bond acceptors (Lipinski definition) is 1. The molecule has 0 spiro atoms. The number of carbonyl (C=O) groups excluding carboxylic acids is 1. The van der Waals surface area contributed by atoms with Crippen LogP contribution in [-0.4, -0.2) is 5.91 Å². The first kappa shape index (κ1) is 8.78. The lowest BCUT2D eigenvalue weighted by atomic mass is 10.1. The van der Waals surface area contributed by atoms with E-state index in [-0.39, 0.29) is 7.33 Å². The van der Waals surface area contributed by atoms with Crippen molar-refractivity contribution in [3.05, 3.63) is 36.1 Å². The van der Waals surface area contributed by atoms with E-state index >= 15 is 0 Å². The van der Waals surface area contributed by atoms with Crippen molar-refractivity contribution in [1.82, 2.24) is 5.32 Å². The summed E-state index contributed by atoms with van der Waals surface area (Å²) in [5.41, 5.74) is 1.42. The Balaban J connectivity index is 0.00000144. The van der Waals surface area contributed by atoms with Gasteiger partial charge in [-0.3, -0.25) is 4.79 Å². The zero-order valence-corrected chi connectivity index (χ0v) is 7.26. The smallest absolute Gasteiger partial charge is 0.250 e. The van der Waals surface area contributed by atoms with E-state index in [1.807, 2.05) is 18.2 Å². The topological polar surface area (TPSA) is 29.1 Å². The molecule has 0 radical (unpaired) electrons. The highest BCUT2D eigenvalue weighted by atomic mass is 16.1. The monoisotopic (exact) mass is 165 g/mol. The highest BCUT2D eigenvalue weighted by Crippen LogP contribution is 2.06. The third kappa shape index (κ3) is 2.38. The van der Waals surface area contributed by atoms with Gasteiger partial charge < -0.3 is 5.32 Å². The lowest BCUT2D eigenvalue weighted by molar-refractivity contribution is -0.116. The fraction of sp³-hybridized carbons (Fsp3) is 0.300. The van der Waals surface area contributed by atoms with E-state index in [0.717, 1.165) is 18.5 Å².